The van der Waals surface area contributed by atoms with Crippen molar-refractivity contribution in [3.63, 3.8) is 0 Å². The first-order chi connectivity index (χ1) is 7.65. The number of amides is 1. The molecule has 16 heavy (non-hydrogen) atoms. The van der Waals surface area contributed by atoms with E-state index >= 15 is 0 Å². The van der Waals surface area contributed by atoms with Gasteiger partial charge in [-0.2, -0.15) is 0 Å². The molecule has 0 aromatic rings. The number of hydrogen-bond donors (Lipinski definition) is 1. The fourth-order valence-corrected chi connectivity index (χ4v) is 2.23. The lowest BCUT2D eigenvalue weighted by Crippen LogP contribution is -2.42. The molecule has 1 heterocycles. The Kier molecular flexibility index (Phi) is 3.14. The average Bonchev–Trinajstić information content (AvgIpc) is 2.82. The van der Waals surface area contributed by atoms with E-state index < -0.39 is 0 Å². The lowest BCUT2D eigenvalue weighted by atomic mass is 10.2. The number of carbonyl (C=O) groups is 2. The van der Waals surface area contributed by atoms with Crippen LogP contribution in [0.25, 0.3) is 0 Å². The summed E-state index contributed by atoms with van der Waals surface area (Å²) in [5, 5.41) is 0. The Morgan fingerprint density at radius 1 is 1.50 bits per heavy atom. The summed E-state index contributed by atoms with van der Waals surface area (Å²) < 4.78 is 4.97. The van der Waals surface area contributed by atoms with Crippen LogP contribution in [0.2, 0.25) is 0 Å². The predicted octanol–water partition coefficient (Wildman–Crippen LogP) is -0.112. The van der Waals surface area contributed by atoms with Crippen molar-refractivity contribution in [2.45, 2.75) is 38.3 Å². The zero-order chi connectivity index (χ0) is 11.7. The monoisotopic (exact) mass is 226 g/mol. The SMILES string of the molecule is CCOC(=O)C1CCCN1C(=O)C1CC1N. The largest absolute Gasteiger partial charge is 0.464 e. The summed E-state index contributed by atoms with van der Waals surface area (Å²) in [5.74, 6) is -0.305. The Morgan fingerprint density at radius 3 is 2.75 bits per heavy atom. The van der Waals surface area contributed by atoms with Crippen molar-refractivity contribution in [3.05, 3.63) is 0 Å². The van der Waals surface area contributed by atoms with Crippen LogP contribution in [0.4, 0.5) is 0 Å². The lowest BCUT2D eigenvalue weighted by Gasteiger charge is -2.23. The minimum atomic E-state index is -0.375. The van der Waals surface area contributed by atoms with E-state index in [1.54, 1.807) is 11.8 Å². The fourth-order valence-electron chi connectivity index (χ4n) is 2.23. The van der Waals surface area contributed by atoms with Crippen LogP contribution in [0.5, 0.6) is 0 Å². The molecule has 3 atom stereocenters. The molecule has 5 heteroatoms. The second-order valence-corrected chi connectivity index (χ2v) is 4.45. The summed E-state index contributed by atoms with van der Waals surface area (Å²) in [4.78, 5) is 25.3. The van der Waals surface area contributed by atoms with Gasteiger partial charge in [0.05, 0.1) is 12.5 Å². The molecule has 0 bridgehead atoms. The normalized spacial score (nSPS) is 32.6. The molecule has 2 rings (SSSR count). The van der Waals surface area contributed by atoms with Crippen LogP contribution < -0.4 is 5.73 Å². The van der Waals surface area contributed by atoms with Gasteiger partial charge in [-0.05, 0) is 26.2 Å². The number of nitrogens with two attached hydrogens (primary N) is 1. The maximum absolute atomic E-state index is 12.0. The summed E-state index contributed by atoms with van der Waals surface area (Å²) in [5.41, 5.74) is 5.65. The maximum atomic E-state index is 12.0. The van der Waals surface area contributed by atoms with Crippen LogP contribution in [0.1, 0.15) is 26.2 Å². The van der Waals surface area contributed by atoms with Gasteiger partial charge >= 0.3 is 5.97 Å². The summed E-state index contributed by atoms with van der Waals surface area (Å²) >= 11 is 0. The van der Waals surface area contributed by atoms with E-state index in [9.17, 15) is 9.59 Å². The molecule has 0 aromatic carbocycles. The Morgan fingerprint density at radius 2 is 2.19 bits per heavy atom. The quantitative estimate of drug-likeness (QED) is 0.681. The van der Waals surface area contributed by atoms with Gasteiger partial charge in [0.2, 0.25) is 5.91 Å². The van der Waals surface area contributed by atoms with Gasteiger partial charge in [-0.15, -0.1) is 0 Å². The zero-order valence-electron chi connectivity index (χ0n) is 9.52. The van der Waals surface area contributed by atoms with E-state index in [4.69, 9.17) is 10.5 Å². The summed E-state index contributed by atoms with van der Waals surface area (Å²) in [6, 6.07) is -0.379. The smallest absolute Gasteiger partial charge is 0.328 e. The number of nitrogens with zero attached hydrogens (tertiary/aromatic N) is 1. The molecule has 1 aliphatic heterocycles. The van der Waals surface area contributed by atoms with Crippen molar-refractivity contribution in [1.29, 1.82) is 0 Å². The average molecular weight is 226 g/mol. The van der Waals surface area contributed by atoms with Crippen molar-refractivity contribution in [1.82, 2.24) is 4.90 Å². The molecule has 2 N–H and O–H groups in total. The maximum Gasteiger partial charge on any atom is 0.328 e. The molecule has 2 aliphatic rings. The topological polar surface area (TPSA) is 72.6 Å². The number of hydrogen-bond acceptors (Lipinski definition) is 4. The third-order valence-corrected chi connectivity index (χ3v) is 3.25. The minimum Gasteiger partial charge on any atom is -0.464 e. The Bertz CT molecular complexity index is 306. The number of esters is 1. The number of likely N-dealkylation sites (tertiary alicyclic amines) is 1. The minimum absolute atomic E-state index is 0.00375. The molecule has 3 unspecified atom stereocenters. The molecule has 1 saturated heterocycles. The van der Waals surface area contributed by atoms with E-state index in [1.807, 2.05) is 0 Å². The molecule has 1 saturated carbocycles. The van der Waals surface area contributed by atoms with E-state index in [1.165, 1.54) is 0 Å². The van der Waals surface area contributed by atoms with Crippen LogP contribution in [0.15, 0.2) is 0 Å². The molecule has 0 spiro atoms. The first-order valence-electron chi connectivity index (χ1n) is 5.87. The molecule has 90 valence electrons. The van der Waals surface area contributed by atoms with E-state index in [0.29, 0.717) is 19.6 Å². The van der Waals surface area contributed by atoms with Crippen molar-refractivity contribution in [3.8, 4) is 0 Å². The van der Waals surface area contributed by atoms with Gasteiger partial charge in [0, 0.05) is 12.6 Å². The molecule has 0 aromatic heterocycles. The van der Waals surface area contributed by atoms with Crippen LogP contribution in [-0.4, -0.2) is 42.0 Å². The highest BCUT2D eigenvalue weighted by molar-refractivity contribution is 5.88. The highest BCUT2D eigenvalue weighted by Crippen LogP contribution is 2.32. The lowest BCUT2D eigenvalue weighted by molar-refractivity contribution is -0.153. The van der Waals surface area contributed by atoms with Gasteiger partial charge in [0.25, 0.3) is 0 Å². The first-order valence-corrected chi connectivity index (χ1v) is 5.87. The first kappa shape index (κ1) is 11.4. The predicted molar refractivity (Wildman–Crippen MR) is 57.5 cm³/mol. The van der Waals surface area contributed by atoms with E-state index in [0.717, 1.165) is 12.8 Å². The summed E-state index contributed by atoms with van der Waals surface area (Å²) in [6.07, 6.45) is 2.34. The number of ether oxygens (including phenoxy) is 1. The molecule has 0 radical (unpaired) electrons. The molecule has 5 nitrogen and oxygen atoms in total. The van der Waals surface area contributed by atoms with E-state index in [-0.39, 0.29) is 29.9 Å². The standard InChI is InChI=1S/C11H18N2O3/c1-2-16-11(15)9-4-3-5-13(9)10(14)7-6-8(7)12/h7-9H,2-6,12H2,1H3. The van der Waals surface area contributed by atoms with Gasteiger partial charge in [0.1, 0.15) is 6.04 Å². The van der Waals surface area contributed by atoms with Crippen LogP contribution in [0, 0.1) is 5.92 Å². The highest BCUT2D eigenvalue weighted by Gasteiger charge is 2.46. The van der Waals surface area contributed by atoms with Gasteiger partial charge in [-0.25, -0.2) is 4.79 Å². The summed E-state index contributed by atoms with van der Waals surface area (Å²) in [6.45, 7) is 2.79. The molecule has 2 fully saturated rings. The van der Waals surface area contributed by atoms with Crippen molar-refractivity contribution in [2.75, 3.05) is 13.2 Å². The molecule has 1 aliphatic carbocycles. The Hall–Kier alpha value is -1.10. The van der Waals surface area contributed by atoms with Crippen LogP contribution in [0.3, 0.4) is 0 Å². The zero-order valence-corrected chi connectivity index (χ0v) is 9.52. The third-order valence-electron chi connectivity index (χ3n) is 3.25. The Labute approximate surface area is 94.9 Å². The number of carbonyl (C=O) groups excluding carboxylic acids is 2. The second kappa shape index (κ2) is 4.41. The number of rotatable bonds is 3. The van der Waals surface area contributed by atoms with Gasteiger partial charge in [-0.1, -0.05) is 0 Å². The van der Waals surface area contributed by atoms with Crippen molar-refractivity contribution < 1.29 is 14.3 Å². The Balaban J connectivity index is 1.97. The second-order valence-electron chi connectivity index (χ2n) is 4.45. The third kappa shape index (κ3) is 2.04. The van der Waals surface area contributed by atoms with Crippen LogP contribution >= 0.6 is 0 Å². The summed E-state index contributed by atoms with van der Waals surface area (Å²) in [7, 11) is 0. The molecule has 1 amide bonds. The highest BCUT2D eigenvalue weighted by atomic mass is 16.5. The van der Waals surface area contributed by atoms with Crippen molar-refractivity contribution in [2.24, 2.45) is 11.7 Å². The van der Waals surface area contributed by atoms with Gasteiger partial charge in [0.15, 0.2) is 0 Å². The van der Waals surface area contributed by atoms with Crippen molar-refractivity contribution >= 4 is 11.9 Å². The molecular formula is C11H18N2O3. The van der Waals surface area contributed by atoms with Crippen LogP contribution in [-0.2, 0) is 14.3 Å². The van der Waals surface area contributed by atoms with E-state index in [2.05, 4.69) is 0 Å². The van der Waals surface area contributed by atoms with Gasteiger partial charge in [-0.3, -0.25) is 4.79 Å². The molecular weight excluding hydrogens is 208 g/mol. The fraction of sp³-hybridized carbons (Fsp3) is 0.818. The van der Waals surface area contributed by atoms with Gasteiger partial charge < -0.3 is 15.4 Å².